The van der Waals surface area contributed by atoms with Crippen molar-refractivity contribution in [2.75, 3.05) is 0 Å². The Hall–Kier alpha value is -1.84. The second kappa shape index (κ2) is 6.68. The van der Waals surface area contributed by atoms with Crippen LogP contribution in [0.2, 0.25) is 0 Å². The molecule has 0 N–H and O–H groups in total. The van der Waals surface area contributed by atoms with E-state index in [9.17, 15) is 0 Å². The maximum Gasteiger partial charge on any atom is 0.0584 e. The Balaban J connectivity index is 0.000000171. The number of hydrogen-bond acceptors (Lipinski definition) is 4. The number of rotatable bonds is 1. The lowest BCUT2D eigenvalue weighted by atomic mass is 10.3. The van der Waals surface area contributed by atoms with Crippen LogP contribution in [0.5, 0.6) is 0 Å². The fourth-order valence-corrected chi connectivity index (χ4v) is 1.06. The molecule has 4 heteroatoms. The van der Waals surface area contributed by atoms with Gasteiger partial charge in [-0.3, -0.25) is 19.9 Å². The molecule has 2 aromatic heterocycles. The maximum absolute atomic E-state index is 4.13. The summed E-state index contributed by atoms with van der Waals surface area (Å²) in [5.74, 6) is 0. The molecule has 2 aromatic rings. The molecule has 0 aliphatic rings. The quantitative estimate of drug-likeness (QED) is 0.755. The molecule has 0 aliphatic carbocycles. The van der Waals surface area contributed by atoms with Crippen LogP contribution in [0.4, 0.5) is 0 Å². The molecule has 0 radical (unpaired) electrons. The van der Waals surface area contributed by atoms with Crippen molar-refractivity contribution in [3.8, 4) is 0 Å². The summed E-state index contributed by atoms with van der Waals surface area (Å²) in [6.45, 7) is 7.85. The summed E-state index contributed by atoms with van der Waals surface area (Å²) in [6, 6.07) is 0. The molecule has 0 spiro atoms. The van der Waals surface area contributed by atoms with Crippen molar-refractivity contribution >= 4 is 0 Å². The zero-order chi connectivity index (χ0) is 12.7. The second-order valence-corrected chi connectivity index (χ2v) is 3.80. The molecule has 2 rings (SSSR count). The second-order valence-electron chi connectivity index (χ2n) is 3.80. The van der Waals surface area contributed by atoms with Crippen LogP contribution >= 0.6 is 0 Å². The van der Waals surface area contributed by atoms with E-state index in [1.807, 2.05) is 27.0 Å². The Morgan fingerprint density at radius 2 is 1.12 bits per heavy atom. The van der Waals surface area contributed by atoms with Gasteiger partial charge in [0.05, 0.1) is 22.8 Å². The average Bonchev–Trinajstić information content (AvgIpc) is 2.35. The molecule has 0 aliphatic heterocycles. The summed E-state index contributed by atoms with van der Waals surface area (Å²) >= 11 is 0. The van der Waals surface area contributed by atoms with Gasteiger partial charge in [0.15, 0.2) is 0 Å². The van der Waals surface area contributed by atoms with Crippen LogP contribution in [0.1, 0.15) is 29.7 Å². The molecule has 0 fully saturated rings. The molecule has 90 valence electrons. The first-order valence-corrected chi connectivity index (χ1v) is 5.64. The summed E-state index contributed by atoms with van der Waals surface area (Å²) < 4.78 is 0. The van der Waals surface area contributed by atoms with Crippen LogP contribution in [0.3, 0.4) is 0 Å². The van der Waals surface area contributed by atoms with Crippen LogP contribution in [-0.2, 0) is 6.42 Å². The van der Waals surface area contributed by atoms with E-state index in [2.05, 4.69) is 26.9 Å². The molecule has 4 nitrogen and oxygen atoms in total. The molecule has 0 saturated carbocycles. The molecule has 0 saturated heterocycles. The van der Waals surface area contributed by atoms with Gasteiger partial charge in [-0.05, 0) is 27.2 Å². The summed E-state index contributed by atoms with van der Waals surface area (Å²) in [6.07, 6.45) is 8.09. The largest absolute Gasteiger partial charge is 0.258 e. The Kier molecular flexibility index (Phi) is 5.20. The molecule has 0 bridgehead atoms. The average molecular weight is 230 g/mol. The number of hydrogen-bond donors (Lipinski definition) is 0. The van der Waals surface area contributed by atoms with Crippen LogP contribution in [0, 0.1) is 20.8 Å². The highest BCUT2D eigenvalue weighted by Gasteiger charge is 1.87. The first kappa shape index (κ1) is 13.2. The predicted molar refractivity (Wildman–Crippen MR) is 67.7 cm³/mol. The van der Waals surface area contributed by atoms with Gasteiger partial charge < -0.3 is 0 Å². The van der Waals surface area contributed by atoms with Gasteiger partial charge in [0, 0.05) is 24.8 Å². The maximum atomic E-state index is 4.13. The minimum absolute atomic E-state index is 0.966. The van der Waals surface area contributed by atoms with Crippen LogP contribution in [-0.4, -0.2) is 19.9 Å². The fraction of sp³-hybridized carbons (Fsp3) is 0.385. The van der Waals surface area contributed by atoms with Crippen molar-refractivity contribution in [2.24, 2.45) is 0 Å². The van der Waals surface area contributed by atoms with E-state index < -0.39 is 0 Å². The molecule has 17 heavy (non-hydrogen) atoms. The smallest absolute Gasteiger partial charge is 0.0584 e. The fourth-order valence-electron chi connectivity index (χ4n) is 1.06. The Morgan fingerprint density at radius 3 is 1.41 bits per heavy atom. The number of nitrogens with zero attached hydrogens (tertiary/aromatic N) is 4. The highest BCUT2D eigenvalue weighted by molar-refractivity contribution is 4.99. The molecule has 0 aromatic carbocycles. The van der Waals surface area contributed by atoms with Gasteiger partial charge >= 0.3 is 0 Å². The van der Waals surface area contributed by atoms with E-state index in [4.69, 9.17) is 0 Å². The third-order valence-electron chi connectivity index (χ3n) is 2.11. The zero-order valence-electron chi connectivity index (χ0n) is 10.8. The van der Waals surface area contributed by atoms with Gasteiger partial charge in [0.2, 0.25) is 0 Å². The zero-order valence-corrected chi connectivity index (χ0v) is 10.8. The van der Waals surface area contributed by atoms with E-state index in [-0.39, 0.29) is 0 Å². The van der Waals surface area contributed by atoms with E-state index in [0.717, 1.165) is 29.2 Å². The lowest BCUT2D eigenvalue weighted by Gasteiger charge is -1.92. The van der Waals surface area contributed by atoms with Crippen LogP contribution in [0.25, 0.3) is 0 Å². The van der Waals surface area contributed by atoms with E-state index in [1.165, 1.54) is 0 Å². The topological polar surface area (TPSA) is 51.6 Å². The van der Waals surface area contributed by atoms with Gasteiger partial charge in [0.1, 0.15) is 0 Å². The minimum Gasteiger partial charge on any atom is -0.258 e. The molecule has 0 atom stereocenters. The lowest BCUT2D eigenvalue weighted by Crippen LogP contribution is -1.89. The van der Waals surface area contributed by atoms with E-state index in [1.54, 1.807) is 18.6 Å². The van der Waals surface area contributed by atoms with E-state index >= 15 is 0 Å². The predicted octanol–water partition coefficient (Wildman–Crippen LogP) is 2.44. The number of aromatic nitrogens is 4. The van der Waals surface area contributed by atoms with Crippen molar-refractivity contribution in [1.82, 2.24) is 19.9 Å². The summed E-state index contributed by atoms with van der Waals surface area (Å²) in [4.78, 5) is 16.3. The normalized spacial score (nSPS) is 9.41. The Morgan fingerprint density at radius 1 is 0.706 bits per heavy atom. The molecule has 0 amide bonds. The van der Waals surface area contributed by atoms with E-state index in [0.29, 0.717) is 0 Å². The van der Waals surface area contributed by atoms with Gasteiger partial charge in [-0.2, -0.15) is 0 Å². The van der Waals surface area contributed by atoms with Crippen molar-refractivity contribution in [2.45, 2.75) is 34.1 Å². The monoisotopic (exact) mass is 230 g/mol. The van der Waals surface area contributed by atoms with Crippen molar-refractivity contribution in [3.05, 3.63) is 47.6 Å². The van der Waals surface area contributed by atoms with Crippen LogP contribution < -0.4 is 0 Å². The Bertz CT molecular complexity index is 413. The van der Waals surface area contributed by atoms with Crippen molar-refractivity contribution < 1.29 is 0 Å². The summed E-state index contributed by atoms with van der Waals surface area (Å²) in [5.41, 5.74) is 3.97. The lowest BCUT2D eigenvalue weighted by molar-refractivity contribution is 0.977. The van der Waals surface area contributed by atoms with Crippen LogP contribution in [0.15, 0.2) is 24.8 Å². The van der Waals surface area contributed by atoms with Gasteiger partial charge in [-0.1, -0.05) is 6.92 Å². The highest BCUT2D eigenvalue weighted by Crippen LogP contribution is 1.93. The number of aryl methyl sites for hydroxylation is 4. The van der Waals surface area contributed by atoms with Gasteiger partial charge in [-0.15, -0.1) is 0 Å². The molecule has 0 unspecified atom stereocenters. The highest BCUT2D eigenvalue weighted by atomic mass is 14.8. The summed E-state index contributed by atoms with van der Waals surface area (Å²) in [7, 11) is 0. The standard InChI is InChI=1S/C7H10N2.C6H8N2/c1-3-7-5-8-6(2)4-9-7;1-5-3-8-6(2)4-7-5/h4-5H,3H2,1-2H3;3-4H,1-2H3. The first-order chi connectivity index (χ1) is 8.11. The molecule has 2 heterocycles. The summed E-state index contributed by atoms with van der Waals surface area (Å²) in [5, 5.41) is 0. The van der Waals surface area contributed by atoms with Gasteiger partial charge in [0.25, 0.3) is 0 Å². The third kappa shape index (κ3) is 5.15. The van der Waals surface area contributed by atoms with Crippen molar-refractivity contribution in [3.63, 3.8) is 0 Å². The molecular formula is C13H18N4. The van der Waals surface area contributed by atoms with Crippen molar-refractivity contribution in [1.29, 1.82) is 0 Å². The third-order valence-corrected chi connectivity index (χ3v) is 2.11. The van der Waals surface area contributed by atoms with Gasteiger partial charge in [-0.25, -0.2) is 0 Å². The first-order valence-electron chi connectivity index (χ1n) is 5.64. The Labute approximate surface area is 102 Å². The minimum atomic E-state index is 0.966. The SMILES string of the molecule is CCc1cnc(C)cn1.Cc1cnc(C)cn1. The molecular weight excluding hydrogens is 212 g/mol.